The molecule has 0 N–H and O–H groups in total. The van der Waals surface area contributed by atoms with Crippen molar-refractivity contribution in [1.82, 2.24) is 14.6 Å². The lowest BCUT2D eigenvalue weighted by molar-refractivity contribution is -0.137. The number of morpholine rings is 1. The fraction of sp³-hybridized carbons (Fsp3) is 0.385. The molecule has 11 heteroatoms. The highest BCUT2D eigenvalue weighted by Gasteiger charge is 2.19. The van der Waals surface area contributed by atoms with Crippen molar-refractivity contribution in [1.29, 1.82) is 0 Å². The molecular formula is C26H28Br2N4O5. The molecule has 196 valence electrons. The van der Waals surface area contributed by atoms with Crippen molar-refractivity contribution < 1.29 is 19.0 Å². The van der Waals surface area contributed by atoms with Crippen LogP contribution >= 0.6 is 31.9 Å². The van der Waals surface area contributed by atoms with Crippen LogP contribution in [0.1, 0.15) is 31.7 Å². The summed E-state index contributed by atoms with van der Waals surface area (Å²) in [4.78, 5) is 32.2. The minimum absolute atomic E-state index is 0.110. The number of amides is 1. The minimum atomic E-state index is -0.239. The molecular weight excluding hydrogens is 608 g/mol. The SMILES string of the molecule is CCCc1nc2ccc(Br)cc2c(=O)n1N=Cc1cc(Br)c(OCC(=O)N2CCOCC2)c(OCC)c1. The van der Waals surface area contributed by atoms with Gasteiger partial charge in [-0.3, -0.25) is 9.59 Å². The maximum atomic E-state index is 13.3. The molecule has 0 radical (unpaired) electrons. The molecule has 1 fully saturated rings. The molecule has 1 saturated heterocycles. The lowest BCUT2D eigenvalue weighted by atomic mass is 10.2. The summed E-state index contributed by atoms with van der Waals surface area (Å²) in [5.74, 6) is 1.38. The molecule has 1 aliphatic heterocycles. The molecule has 0 spiro atoms. The van der Waals surface area contributed by atoms with Gasteiger partial charge in [0.2, 0.25) is 0 Å². The molecule has 1 aliphatic rings. The number of rotatable bonds is 9. The molecule has 2 aromatic carbocycles. The fourth-order valence-electron chi connectivity index (χ4n) is 3.93. The Kier molecular flexibility index (Phi) is 9.33. The van der Waals surface area contributed by atoms with E-state index in [0.717, 1.165) is 10.9 Å². The minimum Gasteiger partial charge on any atom is -0.490 e. The number of halogens is 2. The summed E-state index contributed by atoms with van der Waals surface area (Å²) in [6.45, 7) is 6.35. The first kappa shape index (κ1) is 27.3. The van der Waals surface area contributed by atoms with Gasteiger partial charge >= 0.3 is 0 Å². The van der Waals surface area contributed by atoms with Gasteiger partial charge in [0.25, 0.3) is 11.5 Å². The second-order valence-corrected chi connectivity index (χ2v) is 10.1. The molecule has 2 heterocycles. The van der Waals surface area contributed by atoms with Gasteiger partial charge in [-0.2, -0.15) is 9.78 Å². The van der Waals surface area contributed by atoms with Crippen LogP contribution in [0.3, 0.4) is 0 Å². The third-order valence-electron chi connectivity index (χ3n) is 5.71. The molecule has 0 bridgehead atoms. The van der Waals surface area contributed by atoms with Crippen LogP contribution in [0.2, 0.25) is 0 Å². The van der Waals surface area contributed by atoms with Gasteiger partial charge in [0, 0.05) is 24.0 Å². The summed E-state index contributed by atoms with van der Waals surface area (Å²) < 4.78 is 19.7. The van der Waals surface area contributed by atoms with Crippen LogP contribution in [-0.2, 0) is 16.0 Å². The average molecular weight is 636 g/mol. The Hall–Kier alpha value is -2.76. The predicted molar refractivity (Wildman–Crippen MR) is 149 cm³/mol. The molecule has 4 rings (SSSR count). The Labute approximate surface area is 231 Å². The second-order valence-electron chi connectivity index (χ2n) is 8.35. The Bertz CT molecular complexity index is 1370. The molecule has 9 nitrogen and oxygen atoms in total. The molecule has 0 saturated carbocycles. The van der Waals surface area contributed by atoms with E-state index >= 15 is 0 Å². The van der Waals surface area contributed by atoms with E-state index in [1.165, 1.54) is 4.68 Å². The monoisotopic (exact) mass is 634 g/mol. The quantitative estimate of drug-likeness (QED) is 0.324. The second kappa shape index (κ2) is 12.7. The highest BCUT2D eigenvalue weighted by atomic mass is 79.9. The van der Waals surface area contributed by atoms with Gasteiger partial charge in [-0.15, -0.1) is 0 Å². The first-order valence-electron chi connectivity index (χ1n) is 12.1. The highest BCUT2D eigenvalue weighted by molar-refractivity contribution is 9.10. The molecule has 0 aliphatic carbocycles. The molecule has 0 atom stereocenters. The van der Waals surface area contributed by atoms with E-state index in [9.17, 15) is 9.59 Å². The van der Waals surface area contributed by atoms with E-state index in [0.29, 0.717) is 77.6 Å². The van der Waals surface area contributed by atoms with Crippen molar-refractivity contribution in [3.8, 4) is 11.5 Å². The van der Waals surface area contributed by atoms with E-state index < -0.39 is 0 Å². The third kappa shape index (κ3) is 6.58. The number of nitrogens with zero attached hydrogens (tertiary/aromatic N) is 4. The van der Waals surface area contributed by atoms with Crippen LogP contribution in [0, 0.1) is 0 Å². The zero-order valence-corrected chi connectivity index (χ0v) is 23.9. The Balaban J connectivity index is 1.62. The van der Waals surface area contributed by atoms with E-state index in [1.54, 1.807) is 29.3 Å². The van der Waals surface area contributed by atoms with Crippen molar-refractivity contribution >= 4 is 54.9 Å². The standard InChI is InChI=1S/C26H28Br2N4O5/c1-3-5-23-30-21-7-6-18(27)14-19(21)26(34)32(23)29-15-17-12-20(28)25(22(13-17)36-4-2)37-16-24(33)31-8-10-35-11-9-31/h6-7,12-15H,3-5,8-11,16H2,1-2H3. The van der Waals surface area contributed by atoms with Crippen LogP contribution in [0.25, 0.3) is 10.9 Å². The van der Waals surface area contributed by atoms with Crippen molar-refractivity contribution in [2.45, 2.75) is 26.7 Å². The number of hydrogen-bond acceptors (Lipinski definition) is 7. The lowest BCUT2D eigenvalue weighted by Gasteiger charge is -2.27. The number of fused-ring (bicyclic) bond motifs is 1. The number of benzene rings is 2. The topological polar surface area (TPSA) is 95.3 Å². The van der Waals surface area contributed by atoms with E-state index in [-0.39, 0.29) is 18.1 Å². The summed E-state index contributed by atoms with van der Waals surface area (Å²) in [7, 11) is 0. The van der Waals surface area contributed by atoms with E-state index in [2.05, 4.69) is 41.9 Å². The molecule has 37 heavy (non-hydrogen) atoms. The van der Waals surface area contributed by atoms with Crippen LogP contribution in [-0.4, -0.2) is 66.2 Å². The van der Waals surface area contributed by atoms with Crippen LogP contribution in [0.5, 0.6) is 11.5 Å². The number of hydrogen-bond donors (Lipinski definition) is 0. The van der Waals surface area contributed by atoms with Gasteiger partial charge in [0.05, 0.1) is 41.4 Å². The van der Waals surface area contributed by atoms with Crippen molar-refractivity contribution in [3.63, 3.8) is 0 Å². The average Bonchev–Trinajstić information content (AvgIpc) is 2.89. The zero-order chi connectivity index (χ0) is 26.4. The summed E-state index contributed by atoms with van der Waals surface area (Å²) >= 11 is 6.96. The van der Waals surface area contributed by atoms with Crippen molar-refractivity contribution in [2.24, 2.45) is 5.10 Å². The summed E-state index contributed by atoms with van der Waals surface area (Å²) in [5.41, 5.74) is 1.08. The van der Waals surface area contributed by atoms with Gasteiger partial charge in [0.15, 0.2) is 18.1 Å². The van der Waals surface area contributed by atoms with Crippen molar-refractivity contribution in [2.75, 3.05) is 39.5 Å². The number of aryl methyl sites for hydroxylation is 1. The predicted octanol–water partition coefficient (Wildman–Crippen LogP) is 4.39. The van der Waals surface area contributed by atoms with Crippen LogP contribution in [0.15, 0.2) is 49.2 Å². The third-order valence-corrected chi connectivity index (χ3v) is 6.79. The molecule has 1 aromatic heterocycles. The normalized spacial score (nSPS) is 13.9. The Morgan fingerprint density at radius 3 is 2.68 bits per heavy atom. The number of carbonyl (C=O) groups is 1. The van der Waals surface area contributed by atoms with Crippen LogP contribution in [0.4, 0.5) is 0 Å². The van der Waals surface area contributed by atoms with Gasteiger partial charge in [-0.1, -0.05) is 22.9 Å². The largest absolute Gasteiger partial charge is 0.490 e. The van der Waals surface area contributed by atoms with E-state index in [4.69, 9.17) is 14.2 Å². The summed E-state index contributed by atoms with van der Waals surface area (Å²) in [5, 5.41) is 4.98. The fourth-order valence-corrected chi connectivity index (χ4v) is 4.86. The van der Waals surface area contributed by atoms with Gasteiger partial charge in [-0.05, 0) is 65.2 Å². The van der Waals surface area contributed by atoms with Gasteiger partial charge < -0.3 is 19.1 Å². The molecule has 1 amide bonds. The maximum Gasteiger partial charge on any atom is 0.282 e. The number of aromatic nitrogens is 2. The maximum absolute atomic E-state index is 13.3. The number of carbonyl (C=O) groups excluding carboxylic acids is 1. The highest BCUT2D eigenvalue weighted by Crippen LogP contribution is 2.36. The van der Waals surface area contributed by atoms with Gasteiger partial charge in [-0.25, -0.2) is 4.98 Å². The molecule has 0 unspecified atom stereocenters. The summed E-state index contributed by atoms with van der Waals surface area (Å²) in [6, 6.07) is 9.00. The van der Waals surface area contributed by atoms with Crippen LogP contribution < -0.4 is 15.0 Å². The smallest absolute Gasteiger partial charge is 0.282 e. The summed E-state index contributed by atoms with van der Waals surface area (Å²) in [6.07, 6.45) is 3.01. The Morgan fingerprint density at radius 1 is 1.16 bits per heavy atom. The first-order valence-corrected chi connectivity index (χ1v) is 13.7. The Morgan fingerprint density at radius 2 is 1.95 bits per heavy atom. The molecule has 3 aromatic rings. The number of ether oxygens (including phenoxy) is 3. The van der Waals surface area contributed by atoms with Gasteiger partial charge in [0.1, 0.15) is 5.82 Å². The zero-order valence-electron chi connectivity index (χ0n) is 20.7. The lowest BCUT2D eigenvalue weighted by Crippen LogP contribution is -2.43. The first-order chi connectivity index (χ1) is 17.9. The van der Waals surface area contributed by atoms with Crippen molar-refractivity contribution in [3.05, 3.63) is 61.0 Å². The van der Waals surface area contributed by atoms with E-state index in [1.807, 2.05) is 26.0 Å².